The normalized spacial score (nSPS) is 31.8. The lowest BCUT2D eigenvalue weighted by Crippen LogP contribution is -2.49. The van der Waals surface area contributed by atoms with Crippen molar-refractivity contribution in [3.63, 3.8) is 0 Å². The molecule has 4 nitrogen and oxygen atoms in total. The summed E-state index contributed by atoms with van der Waals surface area (Å²) in [4.78, 5) is 6.27. The first kappa shape index (κ1) is 10.3. The molecule has 2 atom stereocenters. The van der Waals surface area contributed by atoms with Gasteiger partial charge in [0.2, 0.25) is 0 Å². The molecule has 3 N–H and O–H groups in total. The van der Waals surface area contributed by atoms with E-state index in [9.17, 15) is 0 Å². The Morgan fingerprint density at radius 3 is 2.85 bits per heavy atom. The van der Waals surface area contributed by atoms with Gasteiger partial charge in [0.1, 0.15) is 0 Å². The molecule has 1 fully saturated rings. The molecule has 0 aliphatic carbocycles. The van der Waals surface area contributed by atoms with Crippen LogP contribution in [-0.2, 0) is 0 Å². The largest absolute Gasteiger partial charge is 0.370 e. The van der Waals surface area contributed by atoms with Gasteiger partial charge in [0, 0.05) is 25.7 Å². The van der Waals surface area contributed by atoms with E-state index in [-0.39, 0.29) is 0 Å². The molecule has 0 aromatic carbocycles. The topological polar surface area (TPSA) is 53.6 Å². The molecular formula is C9H20N4. The van der Waals surface area contributed by atoms with Gasteiger partial charge in [-0.1, -0.05) is 0 Å². The van der Waals surface area contributed by atoms with Crippen LogP contribution in [0.1, 0.15) is 19.8 Å². The summed E-state index contributed by atoms with van der Waals surface area (Å²) in [5, 5.41) is 3.22. The van der Waals surface area contributed by atoms with Crippen molar-refractivity contribution in [1.82, 2.24) is 10.2 Å². The summed E-state index contributed by atoms with van der Waals surface area (Å²) in [6.45, 7) is 3.38. The van der Waals surface area contributed by atoms with Crippen LogP contribution in [0.15, 0.2) is 4.99 Å². The zero-order valence-corrected chi connectivity index (χ0v) is 8.75. The minimum atomic E-state index is 0.495. The minimum Gasteiger partial charge on any atom is -0.370 e. The standard InChI is InChI=1S/C9H20N4/c1-7-6-8(4-5-13(7)3)12-9(10)11-2/h7-8H,4-6H2,1-3H3,(H3,10,11,12). The van der Waals surface area contributed by atoms with Crippen molar-refractivity contribution in [1.29, 1.82) is 0 Å². The van der Waals surface area contributed by atoms with E-state index in [1.54, 1.807) is 7.05 Å². The van der Waals surface area contributed by atoms with Crippen molar-refractivity contribution in [2.45, 2.75) is 31.8 Å². The van der Waals surface area contributed by atoms with Crippen LogP contribution in [0.5, 0.6) is 0 Å². The predicted molar refractivity (Wildman–Crippen MR) is 55.8 cm³/mol. The molecule has 1 rings (SSSR count). The maximum atomic E-state index is 5.61. The number of nitrogens with two attached hydrogens (primary N) is 1. The van der Waals surface area contributed by atoms with Crippen LogP contribution < -0.4 is 11.1 Å². The highest BCUT2D eigenvalue weighted by Crippen LogP contribution is 2.14. The Balaban J connectivity index is 2.37. The van der Waals surface area contributed by atoms with Gasteiger partial charge < -0.3 is 16.0 Å². The summed E-state index contributed by atoms with van der Waals surface area (Å²) in [6.07, 6.45) is 2.30. The van der Waals surface area contributed by atoms with Crippen molar-refractivity contribution in [3.05, 3.63) is 0 Å². The molecule has 0 spiro atoms. The van der Waals surface area contributed by atoms with Crippen molar-refractivity contribution >= 4 is 5.96 Å². The van der Waals surface area contributed by atoms with E-state index in [1.807, 2.05) is 0 Å². The van der Waals surface area contributed by atoms with Crippen LogP contribution in [0.4, 0.5) is 0 Å². The fourth-order valence-electron chi connectivity index (χ4n) is 1.69. The van der Waals surface area contributed by atoms with Gasteiger partial charge >= 0.3 is 0 Å². The number of aliphatic imine (C=N–C) groups is 1. The smallest absolute Gasteiger partial charge is 0.188 e. The van der Waals surface area contributed by atoms with Gasteiger partial charge in [-0.2, -0.15) is 0 Å². The molecule has 0 bridgehead atoms. The van der Waals surface area contributed by atoms with Crippen LogP contribution in [-0.4, -0.2) is 43.6 Å². The molecule has 76 valence electrons. The van der Waals surface area contributed by atoms with E-state index in [4.69, 9.17) is 5.73 Å². The average molecular weight is 184 g/mol. The first-order valence-corrected chi connectivity index (χ1v) is 4.82. The Kier molecular flexibility index (Phi) is 3.54. The highest BCUT2D eigenvalue weighted by atomic mass is 15.2. The van der Waals surface area contributed by atoms with E-state index < -0.39 is 0 Å². The van der Waals surface area contributed by atoms with E-state index >= 15 is 0 Å². The van der Waals surface area contributed by atoms with Gasteiger partial charge in [0.05, 0.1) is 0 Å². The third kappa shape index (κ3) is 2.88. The highest BCUT2D eigenvalue weighted by Gasteiger charge is 2.22. The third-order valence-corrected chi connectivity index (χ3v) is 2.80. The lowest BCUT2D eigenvalue weighted by molar-refractivity contribution is 0.177. The van der Waals surface area contributed by atoms with E-state index in [1.165, 1.54) is 0 Å². The van der Waals surface area contributed by atoms with E-state index in [0.717, 1.165) is 19.4 Å². The molecule has 0 saturated carbocycles. The van der Waals surface area contributed by atoms with E-state index in [2.05, 4.69) is 29.2 Å². The molecule has 0 amide bonds. The van der Waals surface area contributed by atoms with Gasteiger partial charge in [0.25, 0.3) is 0 Å². The molecule has 4 heteroatoms. The molecule has 0 radical (unpaired) electrons. The summed E-state index contributed by atoms with van der Waals surface area (Å²) in [5.74, 6) is 0.557. The van der Waals surface area contributed by atoms with Crippen molar-refractivity contribution in [2.24, 2.45) is 10.7 Å². The van der Waals surface area contributed by atoms with Crippen LogP contribution in [0, 0.1) is 0 Å². The van der Waals surface area contributed by atoms with Gasteiger partial charge in [0.15, 0.2) is 5.96 Å². The first-order valence-electron chi connectivity index (χ1n) is 4.82. The lowest BCUT2D eigenvalue weighted by Gasteiger charge is -2.35. The number of hydrogen-bond donors (Lipinski definition) is 2. The summed E-state index contributed by atoms with van der Waals surface area (Å²) < 4.78 is 0. The van der Waals surface area contributed by atoms with Gasteiger partial charge in [-0.25, -0.2) is 0 Å². The van der Waals surface area contributed by atoms with E-state index in [0.29, 0.717) is 18.0 Å². The number of nitrogens with zero attached hydrogens (tertiary/aromatic N) is 2. The maximum absolute atomic E-state index is 5.61. The van der Waals surface area contributed by atoms with Crippen molar-refractivity contribution in [2.75, 3.05) is 20.6 Å². The number of guanidine groups is 1. The van der Waals surface area contributed by atoms with Crippen molar-refractivity contribution in [3.8, 4) is 0 Å². The summed E-state index contributed by atoms with van der Waals surface area (Å²) in [5.41, 5.74) is 5.61. The Hall–Kier alpha value is -0.770. The molecule has 1 aliphatic rings. The molecule has 13 heavy (non-hydrogen) atoms. The second-order valence-electron chi connectivity index (χ2n) is 3.80. The lowest BCUT2D eigenvalue weighted by atomic mass is 9.99. The van der Waals surface area contributed by atoms with Crippen LogP contribution >= 0.6 is 0 Å². The molecule has 1 saturated heterocycles. The molecule has 1 heterocycles. The van der Waals surface area contributed by atoms with Crippen LogP contribution in [0.2, 0.25) is 0 Å². The SMILES string of the molecule is CN=C(N)NC1CCN(C)C(C)C1. The van der Waals surface area contributed by atoms with Gasteiger partial charge in [-0.15, -0.1) is 0 Å². The van der Waals surface area contributed by atoms with Gasteiger partial charge in [-0.3, -0.25) is 4.99 Å². The van der Waals surface area contributed by atoms with Crippen LogP contribution in [0.3, 0.4) is 0 Å². The fourth-order valence-corrected chi connectivity index (χ4v) is 1.69. The molecule has 2 unspecified atom stereocenters. The Labute approximate surface area is 80.2 Å². The number of likely N-dealkylation sites (tertiary alicyclic amines) is 1. The third-order valence-electron chi connectivity index (χ3n) is 2.80. The highest BCUT2D eigenvalue weighted by molar-refractivity contribution is 5.77. The Morgan fingerprint density at radius 2 is 2.31 bits per heavy atom. The monoisotopic (exact) mass is 184 g/mol. The molecular weight excluding hydrogens is 164 g/mol. The molecule has 0 aromatic heterocycles. The zero-order chi connectivity index (χ0) is 9.84. The maximum Gasteiger partial charge on any atom is 0.188 e. The summed E-state index contributed by atoms with van der Waals surface area (Å²) in [6, 6.07) is 1.13. The number of piperidine rings is 1. The Bertz CT molecular complexity index is 190. The number of hydrogen-bond acceptors (Lipinski definition) is 2. The summed E-state index contributed by atoms with van der Waals surface area (Å²) in [7, 11) is 3.87. The predicted octanol–water partition coefficient (Wildman–Crippen LogP) is 0.00320. The first-order chi connectivity index (χ1) is 6.13. The second-order valence-corrected chi connectivity index (χ2v) is 3.80. The number of nitrogens with one attached hydrogen (secondary N) is 1. The summed E-state index contributed by atoms with van der Waals surface area (Å²) >= 11 is 0. The van der Waals surface area contributed by atoms with Gasteiger partial charge in [-0.05, 0) is 26.8 Å². The average Bonchev–Trinajstić information content (AvgIpc) is 2.11. The minimum absolute atomic E-state index is 0.495. The zero-order valence-electron chi connectivity index (χ0n) is 8.75. The Morgan fingerprint density at radius 1 is 1.62 bits per heavy atom. The van der Waals surface area contributed by atoms with Crippen molar-refractivity contribution < 1.29 is 0 Å². The quantitative estimate of drug-likeness (QED) is 0.445. The molecule has 1 aliphatic heterocycles. The fraction of sp³-hybridized carbons (Fsp3) is 0.889. The second kappa shape index (κ2) is 4.46. The molecule has 0 aromatic rings. The number of rotatable bonds is 1. The van der Waals surface area contributed by atoms with Crippen LogP contribution in [0.25, 0.3) is 0 Å².